The van der Waals surface area contributed by atoms with E-state index in [0.717, 1.165) is 0 Å². The monoisotopic (exact) mass is 218 g/mol. The zero-order valence-electron chi connectivity index (χ0n) is 3.08. The molecule has 0 N–H and O–H groups in total. The van der Waals surface area contributed by atoms with Gasteiger partial charge in [0.2, 0.25) is 0 Å². The fourth-order valence-electron chi connectivity index (χ4n) is 0.0357. The lowest BCUT2D eigenvalue weighted by Crippen LogP contribution is -1.97. The van der Waals surface area contributed by atoms with Crippen LogP contribution < -0.4 is 0 Å². The van der Waals surface area contributed by atoms with Crippen molar-refractivity contribution in [2.45, 2.75) is 0 Å². The smallest absolute Gasteiger partial charge is 0.157 e. The molecule has 0 rings (SSSR count). The first kappa shape index (κ1) is 6.69. The highest BCUT2D eigenvalue weighted by Gasteiger charge is 1.90. The molecule has 0 unspecified atom stereocenters. The third-order valence-electron chi connectivity index (χ3n) is 0.298. The van der Waals surface area contributed by atoms with Crippen molar-refractivity contribution in [1.82, 2.24) is 0 Å². The molecule has 0 saturated heterocycles. The Morgan fingerprint density at radius 3 is 2.33 bits per heavy atom. The minimum absolute atomic E-state index is 0.0947. The van der Waals surface area contributed by atoms with E-state index in [0.29, 0.717) is 4.43 Å². The molecule has 0 aromatic heterocycles. The second-order valence-electron chi connectivity index (χ2n) is 0.806. The molecule has 0 atom stereocenters. The third-order valence-corrected chi connectivity index (χ3v) is 1.45. The average molecular weight is 218 g/mol. The van der Waals surface area contributed by atoms with Crippen LogP contribution in [0.1, 0.15) is 0 Å². The molecule has 0 aliphatic rings. The molecule has 0 fully saturated rings. The Labute approximate surface area is 55.2 Å². The van der Waals surface area contributed by atoms with Gasteiger partial charge in [0.15, 0.2) is 5.78 Å². The summed E-state index contributed by atoms with van der Waals surface area (Å²) in [5, 5.41) is 0. The summed E-state index contributed by atoms with van der Waals surface area (Å²) in [5.41, 5.74) is 0. The van der Waals surface area contributed by atoms with Crippen LogP contribution in [-0.4, -0.2) is 16.1 Å². The van der Waals surface area contributed by atoms with E-state index < -0.39 is 0 Å². The minimum atomic E-state index is 0.0947. The Balaban J connectivity index is 2.99. The highest BCUT2D eigenvalue weighted by atomic mass is 127. The summed E-state index contributed by atoms with van der Waals surface area (Å²) in [6.07, 6.45) is 0. The van der Waals surface area contributed by atoms with E-state index in [4.69, 9.17) is 11.6 Å². The van der Waals surface area contributed by atoms with Gasteiger partial charge in [0.1, 0.15) is 0 Å². The Morgan fingerprint density at radius 1 is 1.83 bits per heavy atom. The van der Waals surface area contributed by atoms with E-state index in [9.17, 15) is 4.79 Å². The first-order valence-corrected chi connectivity index (χ1v) is 3.51. The third kappa shape index (κ3) is 2.90. The van der Waals surface area contributed by atoms with Crippen molar-refractivity contribution in [3.63, 3.8) is 0 Å². The summed E-state index contributed by atoms with van der Waals surface area (Å²) in [6.45, 7) is 0. The SMILES string of the molecule is O=C(CCl)CI. The van der Waals surface area contributed by atoms with Crippen LogP contribution in [0.3, 0.4) is 0 Å². The predicted octanol–water partition coefficient (Wildman–Crippen LogP) is 1.23. The maximum absolute atomic E-state index is 10.0. The van der Waals surface area contributed by atoms with Gasteiger partial charge < -0.3 is 0 Å². The first-order chi connectivity index (χ1) is 2.81. The van der Waals surface area contributed by atoms with Crippen LogP contribution in [0.2, 0.25) is 0 Å². The van der Waals surface area contributed by atoms with E-state index in [1.807, 2.05) is 22.6 Å². The van der Waals surface area contributed by atoms with E-state index in [-0.39, 0.29) is 11.7 Å². The molecule has 0 heterocycles. The Hall–Kier alpha value is 0.690. The van der Waals surface area contributed by atoms with Crippen LogP contribution in [-0.2, 0) is 4.79 Å². The van der Waals surface area contributed by atoms with Crippen molar-refractivity contribution in [3.05, 3.63) is 0 Å². The van der Waals surface area contributed by atoms with Gasteiger partial charge >= 0.3 is 0 Å². The zero-order chi connectivity index (χ0) is 4.99. The molecule has 0 bridgehead atoms. The van der Waals surface area contributed by atoms with Crippen molar-refractivity contribution in [2.24, 2.45) is 0 Å². The number of halogens is 2. The van der Waals surface area contributed by atoms with Crippen molar-refractivity contribution in [3.8, 4) is 0 Å². The highest BCUT2D eigenvalue weighted by molar-refractivity contribution is 14.1. The Kier molecular flexibility index (Phi) is 4.31. The molecule has 0 aromatic rings. The molecular weight excluding hydrogens is 214 g/mol. The van der Waals surface area contributed by atoms with Gasteiger partial charge in [-0.1, -0.05) is 22.6 Å². The molecule has 0 radical (unpaired) electrons. The maximum Gasteiger partial charge on any atom is 0.157 e. The summed E-state index contributed by atoms with van der Waals surface area (Å²) in [6, 6.07) is 0. The summed E-state index contributed by atoms with van der Waals surface area (Å²) >= 11 is 7.08. The van der Waals surface area contributed by atoms with Gasteiger partial charge in [0.05, 0.1) is 10.3 Å². The van der Waals surface area contributed by atoms with Gasteiger partial charge in [0, 0.05) is 0 Å². The number of ketones is 1. The number of carbonyl (C=O) groups excluding carboxylic acids is 1. The summed E-state index contributed by atoms with van der Waals surface area (Å²) in [4.78, 5) is 10.0. The highest BCUT2D eigenvalue weighted by Crippen LogP contribution is 1.84. The summed E-state index contributed by atoms with van der Waals surface area (Å²) in [7, 11) is 0. The lowest BCUT2D eigenvalue weighted by molar-refractivity contribution is -0.114. The molecule has 0 amide bonds. The standard InChI is InChI=1S/C3H4ClIO/c4-1-3(6)2-5/h1-2H2. The van der Waals surface area contributed by atoms with E-state index in [2.05, 4.69) is 0 Å². The molecule has 0 saturated carbocycles. The quantitative estimate of drug-likeness (QED) is 0.503. The zero-order valence-corrected chi connectivity index (χ0v) is 5.99. The molecule has 0 spiro atoms. The molecule has 0 aliphatic carbocycles. The molecule has 0 aromatic carbocycles. The molecular formula is C3H4ClIO. The van der Waals surface area contributed by atoms with Crippen molar-refractivity contribution >= 4 is 40.0 Å². The predicted molar refractivity (Wildman–Crippen MR) is 34.6 cm³/mol. The first-order valence-electron chi connectivity index (χ1n) is 1.45. The van der Waals surface area contributed by atoms with Gasteiger partial charge in [-0.05, 0) is 0 Å². The van der Waals surface area contributed by atoms with Gasteiger partial charge in [-0.25, -0.2) is 0 Å². The van der Waals surface area contributed by atoms with Gasteiger partial charge in [0.25, 0.3) is 0 Å². The van der Waals surface area contributed by atoms with Crippen LogP contribution in [0, 0.1) is 0 Å². The van der Waals surface area contributed by atoms with E-state index >= 15 is 0 Å². The van der Waals surface area contributed by atoms with Crippen LogP contribution in [0.25, 0.3) is 0 Å². The van der Waals surface area contributed by atoms with E-state index in [1.54, 1.807) is 0 Å². The minimum Gasteiger partial charge on any atom is -0.297 e. The van der Waals surface area contributed by atoms with Crippen molar-refractivity contribution < 1.29 is 4.79 Å². The fraction of sp³-hybridized carbons (Fsp3) is 0.667. The second kappa shape index (κ2) is 3.87. The van der Waals surface area contributed by atoms with Crippen LogP contribution in [0.5, 0.6) is 0 Å². The second-order valence-corrected chi connectivity index (χ2v) is 1.84. The van der Waals surface area contributed by atoms with Crippen molar-refractivity contribution in [1.29, 1.82) is 0 Å². The lowest BCUT2D eigenvalue weighted by atomic mass is 10.5. The Morgan fingerprint density at radius 2 is 2.33 bits per heavy atom. The van der Waals surface area contributed by atoms with Crippen LogP contribution in [0.15, 0.2) is 0 Å². The average Bonchev–Trinajstić information content (AvgIpc) is 1.65. The summed E-state index contributed by atoms with van der Waals surface area (Å²) < 4.78 is 0.529. The topological polar surface area (TPSA) is 17.1 Å². The number of hydrogen-bond acceptors (Lipinski definition) is 1. The number of hydrogen-bond donors (Lipinski definition) is 0. The number of Topliss-reactive ketones (excluding diaryl/α,β-unsaturated/α-hetero) is 1. The van der Waals surface area contributed by atoms with Crippen LogP contribution >= 0.6 is 34.2 Å². The number of alkyl halides is 2. The fourth-order valence-corrected chi connectivity index (χ4v) is 0.719. The number of rotatable bonds is 2. The molecule has 3 heteroatoms. The molecule has 6 heavy (non-hydrogen) atoms. The summed E-state index contributed by atoms with van der Waals surface area (Å²) in [5.74, 6) is 0.250. The molecule has 36 valence electrons. The largest absolute Gasteiger partial charge is 0.297 e. The van der Waals surface area contributed by atoms with Crippen molar-refractivity contribution in [2.75, 3.05) is 10.3 Å². The normalized spacial score (nSPS) is 8.33. The van der Waals surface area contributed by atoms with Gasteiger partial charge in [-0.15, -0.1) is 11.6 Å². The van der Waals surface area contributed by atoms with Gasteiger partial charge in [-0.2, -0.15) is 0 Å². The maximum atomic E-state index is 10.0. The lowest BCUT2D eigenvalue weighted by Gasteiger charge is -1.78. The molecule has 0 aliphatic heterocycles. The van der Waals surface area contributed by atoms with Gasteiger partial charge in [-0.3, -0.25) is 4.79 Å². The molecule has 1 nitrogen and oxygen atoms in total. The van der Waals surface area contributed by atoms with Crippen LogP contribution in [0.4, 0.5) is 0 Å². The van der Waals surface area contributed by atoms with E-state index in [1.165, 1.54) is 0 Å². The number of carbonyl (C=O) groups is 1. The Bertz CT molecular complexity index is 48.8.